The molecule has 2 amide bonds. The average molecular weight is 425 g/mol. The van der Waals surface area contributed by atoms with Gasteiger partial charge >= 0.3 is 5.97 Å². The number of hydrogen-bond acceptors (Lipinski definition) is 6. The Bertz CT molecular complexity index is 898. The van der Waals surface area contributed by atoms with E-state index < -0.39 is 5.97 Å². The molecule has 2 aromatic carbocycles. The molecule has 1 heterocycles. The van der Waals surface area contributed by atoms with Crippen LogP contribution in [-0.4, -0.2) is 55.1 Å². The molecule has 8 heteroatoms. The third-order valence-corrected chi connectivity index (χ3v) is 4.68. The number of hydrogen-bond donors (Lipinski definition) is 2. The van der Waals surface area contributed by atoms with Gasteiger partial charge in [-0.3, -0.25) is 14.5 Å². The summed E-state index contributed by atoms with van der Waals surface area (Å²) in [5.74, 6) is -1.12. The van der Waals surface area contributed by atoms with Crippen LogP contribution in [0.4, 0.5) is 11.4 Å². The molecule has 31 heavy (non-hydrogen) atoms. The maximum Gasteiger partial charge on any atom is 0.338 e. The number of anilines is 2. The van der Waals surface area contributed by atoms with Crippen molar-refractivity contribution in [2.75, 3.05) is 36.9 Å². The number of morpholine rings is 1. The Labute approximate surface area is 181 Å². The number of nitrogens with zero attached hydrogens (tertiary/aromatic N) is 1. The topological polar surface area (TPSA) is 97.0 Å². The number of nitrogens with one attached hydrogen (secondary N) is 2. The van der Waals surface area contributed by atoms with E-state index in [0.717, 1.165) is 13.1 Å². The third-order valence-electron chi connectivity index (χ3n) is 4.68. The van der Waals surface area contributed by atoms with Crippen molar-refractivity contribution in [1.82, 2.24) is 4.90 Å². The van der Waals surface area contributed by atoms with Crippen LogP contribution in [0.3, 0.4) is 0 Å². The lowest BCUT2D eigenvalue weighted by Gasteiger charge is -2.32. The molecular weight excluding hydrogens is 398 g/mol. The second-order valence-electron chi connectivity index (χ2n) is 7.47. The van der Waals surface area contributed by atoms with E-state index in [0.29, 0.717) is 24.5 Å². The van der Waals surface area contributed by atoms with Crippen molar-refractivity contribution in [1.29, 1.82) is 0 Å². The van der Waals surface area contributed by atoms with Crippen LogP contribution in [0.15, 0.2) is 48.5 Å². The highest BCUT2D eigenvalue weighted by atomic mass is 16.6. The van der Waals surface area contributed by atoms with E-state index in [2.05, 4.69) is 27.7 Å². The van der Waals surface area contributed by atoms with E-state index in [1.807, 2.05) is 18.2 Å². The molecule has 1 unspecified atom stereocenters. The summed E-state index contributed by atoms with van der Waals surface area (Å²) in [6.45, 7) is 5.70. The Hall–Kier alpha value is -3.23. The fourth-order valence-corrected chi connectivity index (χ4v) is 3.41. The van der Waals surface area contributed by atoms with Crippen molar-refractivity contribution >= 4 is 29.2 Å². The van der Waals surface area contributed by atoms with Gasteiger partial charge in [0.1, 0.15) is 12.7 Å². The summed E-state index contributed by atoms with van der Waals surface area (Å²) in [7, 11) is 0. The second kappa shape index (κ2) is 10.7. The van der Waals surface area contributed by atoms with Gasteiger partial charge in [-0.25, -0.2) is 4.79 Å². The minimum atomic E-state index is -0.553. The van der Waals surface area contributed by atoms with Crippen LogP contribution in [0.1, 0.15) is 29.8 Å². The first kappa shape index (κ1) is 22.5. The van der Waals surface area contributed by atoms with Crippen LogP contribution in [0.25, 0.3) is 0 Å². The second-order valence-corrected chi connectivity index (χ2v) is 7.47. The summed E-state index contributed by atoms with van der Waals surface area (Å²) in [4.78, 5) is 37.7. The van der Waals surface area contributed by atoms with Crippen molar-refractivity contribution in [2.24, 2.45) is 0 Å². The first-order valence-corrected chi connectivity index (χ1v) is 10.1. The van der Waals surface area contributed by atoms with E-state index >= 15 is 0 Å². The zero-order chi connectivity index (χ0) is 22.2. The molecule has 0 saturated carbocycles. The molecule has 0 aromatic heterocycles. The monoisotopic (exact) mass is 425 g/mol. The van der Waals surface area contributed by atoms with Gasteiger partial charge in [0.15, 0.2) is 0 Å². The lowest BCUT2D eigenvalue weighted by atomic mass is 10.1. The smallest absolute Gasteiger partial charge is 0.338 e. The van der Waals surface area contributed by atoms with Crippen molar-refractivity contribution in [2.45, 2.75) is 26.5 Å². The van der Waals surface area contributed by atoms with Crippen LogP contribution >= 0.6 is 0 Å². The van der Waals surface area contributed by atoms with Crippen LogP contribution < -0.4 is 10.6 Å². The molecule has 8 nitrogen and oxygen atoms in total. The summed E-state index contributed by atoms with van der Waals surface area (Å²) < 4.78 is 11.2. The van der Waals surface area contributed by atoms with Gasteiger partial charge in [0.2, 0.25) is 11.8 Å². The van der Waals surface area contributed by atoms with Gasteiger partial charge in [-0.15, -0.1) is 0 Å². The first-order valence-electron chi connectivity index (χ1n) is 10.1. The molecule has 1 fully saturated rings. The van der Waals surface area contributed by atoms with E-state index in [1.165, 1.54) is 31.5 Å². The maximum atomic E-state index is 12.6. The summed E-state index contributed by atoms with van der Waals surface area (Å²) in [6.07, 6.45) is -0.227. The quantitative estimate of drug-likeness (QED) is 0.662. The maximum absolute atomic E-state index is 12.6. The van der Waals surface area contributed by atoms with Crippen molar-refractivity contribution < 1.29 is 23.9 Å². The lowest BCUT2D eigenvalue weighted by Crippen LogP contribution is -2.44. The summed E-state index contributed by atoms with van der Waals surface area (Å²) in [5.41, 5.74) is 2.25. The molecule has 0 bridgehead atoms. The number of benzene rings is 2. The van der Waals surface area contributed by atoms with E-state index in [-0.39, 0.29) is 30.1 Å². The molecule has 164 valence electrons. The highest BCUT2D eigenvalue weighted by Crippen LogP contribution is 2.20. The van der Waals surface area contributed by atoms with Crippen LogP contribution in [0, 0.1) is 0 Å². The van der Waals surface area contributed by atoms with Crippen molar-refractivity contribution in [3.8, 4) is 0 Å². The number of amides is 2. The number of esters is 1. The normalized spacial score (nSPS) is 16.4. The van der Waals surface area contributed by atoms with Crippen molar-refractivity contribution in [3.63, 3.8) is 0 Å². The number of carbonyl (C=O) groups excluding carboxylic acids is 3. The Morgan fingerprint density at radius 1 is 1.03 bits per heavy atom. The molecule has 0 spiro atoms. The molecular formula is C23H27N3O5. The summed E-state index contributed by atoms with van der Waals surface area (Å²) in [6, 6.07) is 14.8. The molecule has 0 aliphatic carbocycles. The molecule has 1 atom stereocenters. The van der Waals surface area contributed by atoms with Crippen LogP contribution in [-0.2, 0) is 25.6 Å². The number of carbonyl (C=O) groups is 3. The Morgan fingerprint density at radius 2 is 1.68 bits per heavy atom. The summed E-state index contributed by atoms with van der Waals surface area (Å²) >= 11 is 0. The fraction of sp³-hybridized carbons (Fsp3) is 0.348. The number of ether oxygens (including phenoxy) is 2. The molecule has 2 aromatic rings. The van der Waals surface area contributed by atoms with Gasteiger partial charge in [-0.1, -0.05) is 30.3 Å². The van der Waals surface area contributed by atoms with Gasteiger partial charge in [-0.05, 0) is 23.8 Å². The van der Waals surface area contributed by atoms with E-state index in [9.17, 15) is 14.4 Å². The highest BCUT2D eigenvalue weighted by molar-refractivity contribution is 5.97. The molecule has 0 radical (unpaired) electrons. The van der Waals surface area contributed by atoms with E-state index in [1.54, 1.807) is 6.07 Å². The fourth-order valence-electron chi connectivity index (χ4n) is 3.41. The minimum absolute atomic E-state index is 0.115. The van der Waals surface area contributed by atoms with Gasteiger partial charge in [0.05, 0.1) is 12.2 Å². The molecule has 1 saturated heterocycles. The standard InChI is InChI=1S/C23H27N3O5/c1-16(27)24-20-10-19(11-21(12-20)25-17(2)28)23(29)31-15-22-14-26(8-9-30-22)13-18-6-4-3-5-7-18/h3-7,10-12,22H,8-9,13-15H2,1-2H3,(H,24,27)(H,25,28). The van der Waals surface area contributed by atoms with E-state index in [4.69, 9.17) is 9.47 Å². The molecule has 2 N–H and O–H groups in total. The van der Waals surface area contributed by atoms with Gasteiger partial charge in [0.25, 0.3) is 0 Å². The number of rotatable bonds is 7. The Morgan fingerprint density at radius 3 is 2.29 bits per heavy atom. The van der Waals surface area contributed by atoms with Gasteiger partial charge in [-0.2, -0.15) is 0 Å². The largest absolute Gasteiger partial charge is 0.459 e. The first-order chi connectivity index (χ1) is 14.9. The van der Waals surface area contributed by atoms with Crippen LogP contribution in [0.5, 0.6) is 0 Å². The molecule has 1 aliphatic rings. The highest BCUT2D eigenvalue weighted by Gasteiger charge is 2.22. The Kier molecular flexibility index (Phi) is 7.75. The zero-order valence-electron chi connectivity index (χ0n) is 17.7. The van der Waals surface area contributed by atoms with Crippen LogP contribution in [0.2, 0.25) is 0 Å². The molecule has 1 aliphatic heterocycles. The zero-order valence-corrected chi connectivity index (χ0v) is 17.7. The summed E-state index contributed by atoms with van der Waals surface area (Å²) in [5, 5.41) is 5.24. The Balaban J connectivity index is 1.60. The predicted molar refractivity (Wildman–Crippen MR) is 117 cm³/mol. The van der Waals surface area contributed by atoms with Gasteiger partial charge < -0.3 is 20.1 Å². The van der Waals surface area contributed by atoms with Gasteiger partial charge in [0, 0.05) is 44.9 Å². The third kappa shape index (κ3) is 7.20. The molecule has 3 rings (SSSR count). The minimum Gasteiger partial charge on any atom is -0.459 e. The predicted octanol–water partition coefficient (Wildman–Crippen LogP) is 2.66. The average Bonchev–Trinajstić information content (AvgIpc) is 2.72. The van der Waals surface area contributed by atoms with Crippen molar-refractivity contribution in [3.05, 3.63) is 59.7 Å². The SMILES string of the molecule is CC(=O)Nc1cc(NC(C)=O)cc(C(=O)OCC2CN(Cc3ccccc3)CCO2)c1. The lowest BCUT2D eigenvalue weighted by molar-refractivity contribution is -0.115.